The molecule has 9 heteroatoms. The summed E-state index contributed by atoms with van der Waals surface area (Å²) in [5.41, 5.74) is 0. The van der Waals surface area contributed by atoms with E-state index >= 15 is 0 Å². The second kappa shape index (κ2) is 15.8. The van der Waals surface area contributed by atoms with Crippen molar-refractivity contribution in [3.8, 4) is 0 Å². The molecule has 25 heavy (non-hydrogen) atoms. The van der Waals surface area contributed by atoms with Crippen LogP contribution in [-0.2, 0) is 28.6 Å². The minimum Gasteiger partial charge on any atom is -0.480 e. The Bertz CT molecular complexity index is 391. The highest BCUT2D eigenvalue weighted by Crippen LogP contribution is 2.00. The van der Waals surface area contributed by atoms with Crippen molar-refractivity contribution < 1.29 is 33.7 Å². The third-order valence-corrected chi connectivity index (χ3v) is 3.09. The molecule has 0 aromatic carbocycles. The maximum atomic E-state index is 11.6. The van der Waals surface area contributed by atoms with Gasteiger partial charge < -0.3 is 30.0 Å². The maximum absolute atomic E-state index is 11.6. The molecule has 0 bridgehead atoms. The van der Waals surface area contributed by atoms with Crippen LogP contribution in [0, 0.1) is 0 Å². The quantitative estimate of drug-likeness (QED) is 0.328. The van der Waals surface area contributed by atoms with Gasteiger partial charge in [0.05, 0.1) is 19.8 Å². The summed E-state index contributed by atoms with van der Waals surface area (Å²) in [5, 5.41) is 14.1. The number of amides is 2. The van der Waals surface area contributed by atoms with E-state index in [0.29, 0.717) is 26.2 Å². The number of rotatable bonds is 16. The Balaban J connectivity index is 3.59. The zero-order valence-electron chi connectivity index (χ0n) is 15.0. The molecule has 0 saturated carbocycles. The van der Waals surface area contributed by atoms with Gasteiger partial charge in [-0.05, 0) is 13.3 Å². The first-order valence-electron chi connectivity index (χ1n) is 8.53. The average Bonchev–Trinajstić information content (AvgIpc) is 2.58. The van der Waals surface area contributed by atoms with Crippen molar-refractivity contribution in [2.24, 2.45) is 0 Å². The summed E-state index contributed by atoms with van der Waals surface area (Å²) >= 11 is 0. The summed E-state index contributed by atoms with van der Waals surface area (Å²) in [6.07, 6.45) is 1.99. The molecule has 0 rings (SSSR count). The number of carbonyl (C=O) groups is 3. The topological polar surface area (TPSA) is 123 Å². The number of ether oxygens (including phenoxy) is 3. The largest absolute Gasteiger partial charge is 0.480 e. The van der Waals surface area contributed by atoms with Gasteiger partial charge in [0, 0.05) is 13.2 Å². The lowest BCUT2D eigenvalue weighted by Gasteiger charge is -2.14. The number of unbranched alkanes of at least 4 members (excludes halogenated alkanes) is 1. The van der Waals surface area contributed by atoms with E-state index in [1.807, 2.05) is 13.8 Å². The van der Waals surface area contributed by atoms with Crippen LogP contribution in [0.5, 0.6) is 0 Å². The summed E-state index contributed by atoms with van der Waals surface area (Å²) in [5.74, 6) is -1.71. The average molecular weight is 362 g/mol. The fourth-order valence-electron chi connectivity index (χ4n) is 1.79. The van der Waals surface area contributed by atoms with Crippen molar-refractivity contribution in [2.45, 2.75) is 39.2 Å². The van der Waals surface area contributed by atoms with Crippen molar-refractivity contribution in [1.29, 1.82) is 0 Å². The van der Waals surface area contributed by atoms with Crippen molar-refractivity contribution in [1.82, 2.24) is 10.6 Å². The fraction of sp³-hybridized carbons (Fsp3) is 0.812. The summed E-state index contributed by atoms with van der Waals surface area (Å²) in [7, 11) is 0. The van der Waals surface area contributed by atoms with Crippen LogP contribution in [0.1, 0.15) is 33.1 Å². The SMILES string of the molecule is CCCCC(NC(=O)COCCOCCNC(=O)COCC)C(=O)O. The van der Waals surface area contributed by atoms with Crippen LogP contribution in [0.15, 0.2) is 0 Å². The van der Waals surface area contributed by atoms with E-state index in [4.69, 9.17) is 19.3 Å². The van der Waals surface area contributed by atoms with Crippen molar-refractivity contribution in [3.05, 3.63) is 0 Å². The molecule has 146 valence electrons. The van der Waals surface area contributed by atoms with E-state index in [0.717, 1.165) is 12.8 Å². The first kappa shape index (κ1) is 23.3. The first-order chi connectivity index (χ1) is 12.0. The molecule has 1 unspecified atom stereocenters. The monoisotopic (exact) mass is 362 g/mol. The molecule has 0 fully saturated rings. The highest BCUT2D eigenvalue weighted by molar-refractivity contribution is 5.84. The van der Waals surface area contributed by atoms with Gasteiger partial charge in [0.25, 0.3) is 0 Å². The molecule has 9 nitrogen and oxygen atoms in total. The highest BCUT2D eigenvalue weighted by atomic mass is 16.5. The standard InChI is InChI=1S/C16H30N2O7/c1-3-5-6-13(16(21)22)18-15(20)12-25-10-9-24-8-7-17-14(19)11-23-4-2/h13H,3-12H2,1-2H3,(H,17,19)(H,18,20)(H,21,22). The number of carboxylic acids is 1. The molecule has 0 radical (unpaired) electrons. The number of hydrogen-bond acceptors (Lipinski definition) is 6. The van der Waals surface area contributed by atoms with Gasteiger partial charge in [-0.2, -0.15) is 0 Å². The minimum atomic E-state index is -1.04. The summed E-state index contributed by atoms with van der Waals surface area (Å²) in [4.78, 5) is 33.8. The molecular formula is C16H30N2O7. The van der Waals surface area contributed by atoms with E-state index in [2.05, 4.69) is 10.6 Å². The Morgan fingerprint density at radius 2 is 1.64 bits per heavy atom. The van der Waals surface area contributed by atoms with Gasteiger partial charge in [0.1, 0.15) is 19.3 Å². The number of carboxylic acid groups (broad SMARTS) is 1. The van der Waals surface area contributed by atoms with E-state index in [1.165, 1.54) is 0 Å². The molecule has 2 amide bonds. The minimum absolute atomic E-state index is 0.0321. The molecule has 1 atom stereocenters. The van der Waals surface area contributed by atoms with E-state index in [-0.39, 0.29) is 32.3 Å². The van der Waals surface area contributed by atoms with Crippen LogP contribution in [0.4, 0.5) is 0 Å². The molecule has 3 N–H and O–H groups in total. The molecular weight excluding hydrogens is 332 g/mol. The number of nitrogens with one attached hydrogen (secondary N) is 2. The van der Waals surface area contributed by atoms with Crippen LogP contribution >= 0.6 is 0 Å². The Hall–Kier alpha value is -1.71. The lowest BCUT2D eigenvalue weighted by atomic mass is 10.1. The Morgan fingerprint density at radius 1 is 0.960 bits per heavy atom. The van der Waals surface area contributed by atoms with Crippen LogP contribution in [-0.4, -0.2) is 75.1 Å². The van der Waals surface area contributed by atoms with Gasteiger partial charge in [-0.1, -0.05) is 19.8 Å². The summed E-state index contributed by atoms with van der Waals surface area (Å²) in [6, 6.07) is -0.882. The Labute approximate surface area is 148 Å². The van der Waals surface area contributed by atoms with Gasteiger partial charge in [-0.3, -0.25) is 9.59 Å². The van der Waals surface area contributed by atoms with Crippen LogP contribution < -0.4 is 10.6 Å². The second-order valence-corrected chi connectivity index (χ2v) is 5.25. The number of hydrogen-bond donors (Lipinski definition) is 3. The van der Waals surface area contributed by atoms with Crippen molar-refractivity contribution in [3.63, 3.8) is 0 Å². The summed E-state index contributed by atoms with van der Waals surface area (Å²) < 4.78 is 15.3. The third kappa shape index (κ3) is 14.3. The molecule has 0 aliphatic heterocycles. The predicted molar refractivity (Wildman–Crippen MR) is 90.2 cm³/mol. The zero-order chi connectivity index (χ0) is 18.9. The Kier molecular flexibility index (Phi) is 14.7. The van der Waals surface area contributed by atoms with Crippen molar-refractivity contribution in [2.75, 3.05) is 46.2 Å². The van der Waals surface area contributed by atoms with Crippen LogP contribution in [0.3, 0.4) is 0 Å². The fourth-order valence-corrected chi connectivity index (χ4v) is 1.79. The van der Waals surface area contributed by atoms with Gasteiger partial charge in [0.2, 0.25) is 11.8 Å². The van der Waals surface area contributed by atoms with Crippen LogP contribution in [0.2, 0.25) is 0 Å². The van der Waals surface area contributed by atoms with Crippen molar-refractivity contribution >= 4 is 17.8 Å². The molecule has 0 aromatic heterocycles. The molecule has 0 spiro atoms. The molecule has 0 heterocycles. The van der Waals surface area contributed by atoms with Gasteiger partial charge in [-0.15, -0.1) is 0 Å². The van der Waals surface area contributed by atoms with E-state index < -0.39 is 17.9 Å². The van der Waals surface area contributed by atoms with E-state index in [9.17, 15) is 14.4 Å². The molecule has 0 aromatic rings. The lowest BCUT2D eigenvalue weighted by molar-refractivity contribution is -0.142. The smallest absolute Gasteiger partial charge is 0.326 e. The Morgan fingerprint density at radius 3 is 2.28 bits per heavy atom. The highest BCUT2D eigenvalue weighted by Gasteiger charge is 2.18. The van der Waals surface area contributed by atoms with Crippen LogP contribution in [0.25, 0.3) is 0 Å². The molecule has 0 aliphatic carbocycles. The molecule has 0 aliphatic rings. The van der Waals surface area contributed by atoms with Gasteiger partial charge in [-0.25, -0.2) is 4.79 Å². The molecule has 0 saturated heterocycles. The first-order valence-corrected chi connectivity index (χ1v) is 8.53. The number of aliphatic carboxylic acids is 1. The zero-order valence-corrected chi connectivity index (χ0v) is 15.0. The second-order valence-electron chi connectivity index (χ2n) is 5.25. The number of carbonyl (C=O) groups excluding carboxylic acids is 2. The predicted octanol–water partition coefficient (Wildman–Crippen LogP) is -0.0681. The summed E-state index contributed by atoms with van der Waals surface area (Å²) in [6.45, 7) is 5.22. The van der Waals surface area contributed by atoms with Gasteiger partial charge in [0.15, 0.2) is 0 Å². The third-order valence-electron chi connectivity index (χ3n) is 3.09. The van der Waals surface area contributed by atoms with E-state index in [1.54, 1.807) is 0 Å². The maximum Gasteiger partial charge on any atom is 0.326 e. The lowest BCUT2D eigenvalue weighted by Crippen LogP contribution is -2.42. The normalized spacial score (nSPS) is 11.8. The van der Waals surface area contributed by atoms with Gasteiger partial charge >= 0.3 is 5.97 Å².